The molecule has 0 saturated carbocycles. The third kappa shape index (κ3) is 4.64. The first-order valence-electron chi connectivity index (χ1n) is 7.86. The summed E-state index contributed by atoms with van der Waals surface area (Å²) in [5, 5.41) is 16.2. The molecule has 136 valence electrons. The zero-order chi connectivity index (χ0) is 19.1. The molecule has 0 saturated heterocycles. The van der Waals surface area contributed by atoms with Gasteiger partial charge in [0.2, 0.25) is 0 Å². The number of hydrogen-bond acceptors (Lipinski definition) is 5. The second-order valence-corrected chi connectivity index (χ2v) is 5.51. The normalized spacial score (nSPS) is 10.2. The number of nitro benzene ring substituents is 1. The minimum Gasteiger partial charge on any atom is -0.383 e. The smallest absolute Gasteiger partial charge is 0.272 e. The number of nitrogens with one attached hydrogen (secondary N) is 2. The van der Waals surface area contributed by atoms with Crippen molar-refractivity contribution in [1.29, 1.82) is 0 Å². The SMILES string of the molecule is COCCNC(=O)c1ccccc1NC(=O)c1ccc([N+](=O)[O-])c(C)c1. The van der Waals surface area contributed by atoms with Gasteiger partial charge in [-0.05, 0) is 31.2 Å². The molecule has 0 atom stereocenters. The third-order valence-electron chi connectivity index (χ3n) is 3.67. The van der Waals surface area contributed by atoms with E-state index < -0.39 is 10.8 Å². The number of carbonyl (C=O) groups excluding carboxylic acids is 2. The number of carbonyl (C=O) groups is 2. The Kier molecular flexibility index (Phi) is 6.40. The van der Waals surface area contributed by atoms with Gasteiger partial charge in [-0.3, -0.25) is 19.7 Å². The van der Waals surface area contributed by atoms with Gasteiger partial charge in [0.1, 0.15) is 0 Å². The van der Waals surface area contributed by atoms with Crippen LogP contribution in [-0.4, -0.2) is 37.0 Å². The molecular formula is C18H19N3O5. The molecule has 0 unspecified atom stereocenters. The van der Waals surface area contributed by atoms with Gasteiger partial charge in [-0.1, -0.05) is 12.1 Å². The van der Waals surface area contributed by atoms with Crippen LogP contribution in [0.5, 0.6) is 0 Å². The number of aryl methyl sites for hydroxylation is 1. The second-order valence-electron chi connectivity index (χ2n) is 5.51. The van der Waals surface area contributed by atoms with Crippen LogP contribution < -0.4 is 10.6 Å². The predicted molar refractivity (Wildman–Crippen MR) is 96.4 cm³/mol. The van der Waals surface area contributed by atoms with E-state index in [1.54, 1.807) is 31.2 Å². The minimum atomic E-state index is -0.503. The van der Waals surface area contributed by atoms with Crippen molar-refractivity contribution >= 4 is 23.2 Å². The Bertz CT molecular complexity index is 835. The summed E-state index contributed by atoms with van der Waals surface area (Å²) in [6, 6.07) is 10.7. The highest BCUT2D eigenvalue weighted by atomic mass is 16.6. The Morgan fingerprint density at radius 3 is 2.54 bits per heavy atom. The summed E-state index contributed by atoms with van der Waals surface area (Å²) in [6.45, 7) is 2.29. The number of benzene rings is 2. The van der Waals surface area contributed by atoms with Crippen molar-refractivity contribution < 1.29 is 19.2 Å². The number of anilines is 1. The molecule has 0 spiro atoms. The fourth-order valence-corrected chi connectivity index (χ4v) is 2.35. The highest BCUT2D eigenvalue weighted by Gasteiger charge is 2.16. The number of methoxy groups -OCH3 is 1. The molecule has 0 aliphatic rings. The fraction of sp³-hybridized carbons (Fsp3) is 0.222. The predicted octanol–water partition coefficient (Wildman–Crippen LogP) is 2.53. The van der Waals surface area contributed by atoms with Crippen LogP contribution in [0, 0.1) is 17.0 Å². The van der Waals surface area contributed by atoms with Gasteiger partial charge in [0.25, 0.3) is 17.5 Å². The van der Waals surface area contributed by atoms with E-state index in [1.807, 2.05) is 0 Å². The lowest BCUT2D eigenvalue weighted by molar-refractivity contribution is -0.385. The topological polar surface area (TPSA) is 111 Å². The van der Waals surface area contributed by atoms with Crippen molar-refractivity contribution in [3.63, 3.8) is 0 Å². The summed E-state index contributed by atoms with van der Waals surface area (Å²) in [6.07, 6.45) is 0. The molecule has 0 aliphatic heterocycles. The molecule has 2 aromatic carbocycles. The van der Waals surface area contributed by atoms with Gasteiger partial charge in [0.15, 0.2) is 0 Å². The Labute approximate surface area is 150 Å². The van der Waals surface area contributed by atoms with E-state index >= 15 is 0 Å². The molecule has 0 aromatic heterocycles. The van der Waals surface area contributed by atoms with Crippen molar-refractivity contribution in [3.8, 4) is 0 Å². The van der Waals surface area contributed by atoms with Gasteiger partial charge in [-0.25, -0.2) is 0 Å². The number of amides is 2. The first kappa shape index (κ1) is 19.1. The molecule has 2 aromatic rings. The quantitative estimate of drug-likeness (QED) is 0.449. The number of hydrogen-bond donors (Lipinski definition) is 2. The first-order chi connectivity index (χ1) is 12.4. The number of rotatable bonds is 7. The molecule has 2 rings (SSSR count). The lowest BCUT2D eigenvalue weighted by Gasteiger charge is -2.11. The van der Waals surface area contributed by atoms with E-state index in [9.17, 15) is 19.7 Å². The fourth-order valence-electron chi connectivity index (χ4n) is 2.35. The zero-order valence-electron chi connectivity index (χ0n) is 14.4. The average molecular weight is 357 g/mol. The van der Waals surface area contributed by atoms with Gasteiger partial charge in [0.05, 0.1) is 22.8 Å². The summed E-state index contributed by atoms with van der Waals surface area (Å²) in [5.74, 6) is -0.794. The van der Waals surface area contributed by atoms with Gasteiger partial charge >= 0.3 is 0 Å². The van der Waals surface area contributed by atoms with Crippen LogP contribution in [0.1, 0.15) is 26.3 Å². The number of para-hydroxylation sites is 1. The first-order valence-corrected chi connectivity index (χ1v) is 7.86. The van der Waals surface area contributed by atoms with E-state index in [0.29, 0.717) is 30.0 Å². The van der Waals surface area contributed by atoms with E-state index in [2.05, 4.69) is 10.6 Å². The second kappa shape index (κ2) is 8.72. The summed E-state index contributed by atoms with van der Waals surface area (Å²) in [7, 11) is 1.53. The molecule has 0 radical (unpaired) electrons. The van der Waals surface area contributed by atoms with E-state index in [-0.39, 0.29) is 17.2 Å². The Balaban J connectivity index is 2.18. The lowest BCUT2D eigenvalue weighted by Crippen LogP contribution is -2.28. The summed E-state index contributed by atoms with van der Waals surface area (Å²) < 4.78 is 4.89. The van der Waals surface area contributed by atoms with E-state index in [1.165, 1.54) is 25.3 Å². The maximum Gasteiger partial charge on any atom is 0.272 e. The van der Waals surface area contributed by atoms with Crippen LogP contribution >= 0.6 is 0 Å². The monoisotopic (exact) mass is 357 g/mol. The molecule has 8 nitrogen and oxygen atoms in total. The molecule has 0 fully saturated rings. The van der Waals surface area contributed by atoms with Crippen LogP contribution in [0.3, 0.4) is 0 Å². The van der Waals surface area contributed by atoms with Crippen molar-refractivity contribution in [3.05, 3.63) is 69.3 Å². The zero-order valence-corrected chi connectivity index (χ0v) is 14.4. The van der Waals surface area contributed by atoms with Crippen LogP contribution in [0.2, 0.25) is 0 Å². The number of nitro groups is 1. The van der Waals surface area contributed by atoms with Crippen LogP contribution in [-0.2, 0) is 4.74 Å². The van der Waals surface area contributed by atoms with Crippen LogP contribution in [0.25, 0.3) is 0 Å². The summed E-state index contributed by atoms with van der Waals surface area (Å²) in [5.41, 5.74) is 1.26. The molecule has 0 bridgehead atoms. The molecule has 0 aliphatic carbocycles. The highest BCUT2D eigenvalue weighted by Crippen LogP contribution is 2.21. The number of ether oxygens (including phenoxy) is 1. The average Bonchev–Trinajstić information content (AvgIpc) is 2.61. The number of nitrogens with zero attached hydrogens (tertiary/aromatic N) is 1. The Morgan fingerprint density at radius 2 is 1.88 bits per heavy atom. The summed E-state index contributed by atoms with van der Waals surface area (Å²) >= 11 is 0. The van der Waals surface area contributed by atoms with E-state index in [4.69, 9.17) is 4.74 Å². The molecule has 8 heteroatoms. The maximum atomic E-state index is 12.4. The van der Waals surface area contributed by atoms with Crippen molar-refractivity contribution in [2.45, 2.75) is 6.92 Å². The standard InChI is InChI=1S/C18H19N3O5/c1-12-11-13(7-8-16(12)21(24)25)17(22)20-15-6-4-3-5-14(15)18(23)19-9-10-26-2/h3-8,11H,9-10H2,1-2H3,(H,19,23)(H,20,22). The molecule has 2 amide bonds. The highest BCUT2D eigenvalue weighted by molar-refractivity contribution is 6.09. The maximum absolute atomic E-state index is 12.4. The molecular weight excluding hydrogens is 338 g/mol. The molecule has 0 heterocycles. The van der Waals surface area contributed by atoms with Crippen LogP contribution in [0.4, 0.5) is 11.4 Å². The molecule has 2 N–H and O–H groups in total. The Morgan fingerprint density at radius 1 is 1.15 bits per heavy atom. The minimum absolute atomic E-state index is 0.0560. The van der Waals surface area contributed by atoms with E-state index in [0.717, 1.165) is 0 Å². The van der Waals surface area contributed by atoms with Crippen molar-refractivity contribution in [2.75, 3.05) is 25.6 Å². The van der Waals surface area contributed by atoms with Gasteiger partial charge in [0, 0.05) is 30.8 Å². The van der Waals surface area contributed by atoms with Crippen molar-refractivity contribution in [2.24, 2.45) is 0 Å². The lowest BCUT2D eigenvalue weighted by atomic mass is 10.1. The Hall–Kier alpha value is -3.26. The third-order valence-corrected chi connectivity index (χ3v) is 3.67. The van der Waals surface area contributed by atoms with Gasteiger partial charge in [-0.15, -0.1) is 0 Å². The van der Waals surface area contributed by atoms with Crippen molar-refractivity contribution in [1.82, 2.24) is 5.32 Å². The van der Waals surface area contributed by atoms with Gasteiger partial charge < -0.3 is 15.4 Å². The largest absolute Gasteiger partial charge is 0.383 e. The van der Waals surface area contributed by atoms with Crippen LogP contribution in [0.15, 0.2) is 42.5 Å². The summed E-state index contributed by atoms with van der Waals surface area (Å²) in [4.78, 5) is 35.1. The van der Waals surface area contributed by atoms with Gasteiger partial charge in [-0.2, -0.15) is 0 Å². The molecule has 26 heavy (non-hydrogen) atoms.